The van der Waals surface area contributed by atoms with Crippen LogP contribution < -0.4 is 0 Å². The van der Waals surface area contributed by atoms with Crippen molar-refractivity contribution in [3.8, 4) is 0 Å². The molecule has 0 spiro atoms. The lowest BCUT2D eigenvalue weighted by atomic mass is 10.3. The van der Waals surface area contributed by atoms with E-state index in [-0.39, 0.29) is 5.91 Å². The van der Waals surface area contributed by atoms with Crippen LogP contribution in [0.4, 0.5) is 0 Å². The molecule has 0 N–H and O–H groups in total. The molecule has 20 heavy (non-hydrogen) atoms. The van der Waals surface area contributed by atoms with Gasteiger partial charge in [-0.25, -0.2) is 4.98 Å². The van der Waals surface area contributed by atoms with Crippen molar-refractivity contribution < 1.29 is 4.79 Å². The van der Waals surface area contributed by atoms with E-state index in [9.17, 15) is 4.79 Å². The molecule has 5 heteroatoms. The third-order valence-corrected chi connectivity index (χ3v) is 4.75. The first-order chi connectivity index (χ1) is 9.72. The number of amides is 1. The van der Waals surface area contributed by atoms with Crippen LogP contribution in [0.25, 0.3) is 10.2 Å². The summed E-state index contributed by atoms with van der Waals surface area (Å²) in [5.41, 5.74) is 1.09. The van der Waals surface area contributed by atoms with Gasteiger partial charge >= 0.3 is 0 Å². The Balaban J connectivity index is 1.66. The van der Waals surface area contributed by atoms with E-state index in [1.54, 1.807) is 18.3 Å². The third kappa shape index (κ3) is 2.99. The van der Waals surface area contributed by atoms with E-state index in [1.165, 1.54) is 9.71 Å². The van der Waals surface area contributed by atoms with Crippen molar-refractivity contribution in [3.05, 3.63) is 29.3 Å². The Morgan fingerprint density at radius 3 is 2.90 bits per heavy atom. The number of carbonyl (C=O) groups excluding carboxylic acids is 1. The van der Waals surface area contributed by atoms with Gasteiger partial charge in [-0.3, -0.25) is 9.69 Å². The van der Waals surface area contributed by atoms with E-state index in [1.807, 2.05) is 11.0 Å². The molecule has 1 aromatic heterocycles. The van der Waals surface area contributed by atoms with Gasteiger partial charge in [0.15, 0.2) is 0 Å². The summed E-state index contributed by atoms with van der Waals surface area (Å²) in [5, 5.41) is 1.17. The summed E-state index contributed by atoms with van der Waals surface area (Å²) in [4.78, 5) is 20.5. The Morgan fingerprint density at radius 2 is 2.10 bits per heavy atom. The Labute approximate surface area is 123 Å². The number of hydrogen-bond donors (Lipinski definition) is 0. The van der Waals surface area contributed by atoms with Gasteiger partial charge < -0.3 is 4.90 Å². The standard InChI is InChI=1S/C15H19N3OS/c1-12(19)18-8-4-7-17(9-10-18)11-15-16-13-5-2-3-6-14(13)20-15/h2-3,5-6H,4,7-11H2,1H3. The summed E-state index contributed by atoms with van der Waals surface area (Å²) in [5.74, 6) is 0.187. The van der Waals surface area contributed by atoms with Crippen molar-refractivity contribution in [2.24, 2.45) is 0 Å². The van der Waals surface area contributed by atoms with Gasteiger partial charge in [0.1, 0.15) is 5.01 Å². The lowest BCUT2D eigenvalue weighted by Gasteiger charge is -2.19. The first-order valence-corrected chi connectivity index (χ1v) is 7.86. The molecule has 0 aliphatic carbocycles. The van der Waals surface area contributed by atoms with Crippen LogP contribution in [0.5, 0.6) is 0 Å². The van der Waals surface area contributed by atoms with Crippen LogP contribution in [-0.4, -0.2) is 46.9 Å². The maximum atomic E-state index is 11.4. The van der Waals surface area contributed by atoms with Crippen LogP contribution in [0.3, 0.4) is 0 Å². The lowest BCUT2D eigenvalue weighted by Crippen LogP contribution is -2.33. The molecule has 0 unspecified atom stereocenters. The second kappa shape index (κ2) is 5.89. The summed E-state index contributed by atoms with van der Waals surface area (Å²) in [7, 11) is 0. The van der Waals surface area contributed by atoms with Crippen LogP contribution in [0, 0.1) is 0 Å². The molecular formula is C15H19N3OS. The van der Waals surface area contributed by atoms with Crippen LogP contribution in [0.15, 0.2) is 24.3 Å². The van der Waals surface area contributed by atoms with Crippen molar-refractivity contribution in [2.75, 3.05) is 26.2 Å². The molecule has 0 atom stereocenters. The zero-order chi connectivity index (χ0) is 13.9. The third-order valence-electron chi connectivity index (χ3n) is 3.73. The van der Waals surface area contributed by atoms with Crippen LogP contribution in [0.1, 0.15) is 18.4 Å². The van der Waals surface area contributed by atoms with Gasteiger partial charge in [-0.15, -0.1) is 11.3 Å². The number of fused-ring (bicyclic) bond motifs is 1. The predicted molar refractivity (Wildman–Crippen MR) is 81.8 cm³/mol. The van der Waals surface area contributed by atoms with Gasteiger partial charge in [0, 0.05) is 33.1 Å². The first kappa shape index (κ1) is 13.5. The summed E-state index contributed by atoms with van der Waals surface area (Å²) >= 11 is 1.77. The maximum Gasteiger partial charge on any atom is 0.219 e. The number of rotatable bonds is 2. The number of benzene rings is 1. The van der Waals surface area contributed by atoms with E-state index < -0.39 is 0 Å². The Bertz CT molecular complexity index is 577. The van der Waals surface area contributed by atoms with E-state index in [2.05, 4.69) is 28.1 Å². The SMILES string of the molecule is CC(=O)N1CCCN(Cc2nc3ccccc3s2)CC1. The van der Waals surface area contributed by atoms with Crippen molar-refractivity contribution in [1.82, 2.24) is 14.8 Å². The van der Waals surface area contributed by atoms with Gasteiger partial charge in [0.25, 0.3) is 0 Å². The highest BCUT2D eigenvalue weighted by Gasteiger charge is 2.17. The zero-order valence-electron chi connectivity index (χ0n) is 11.7. The van der Waals surface area contributed by atoms with Crippen molar-refractivity contribution >= 4 is 27.5 Å². The molecule has 2 heterocycles. The second-order valence-corrected chi connectivity index (χ2v) is 6.33. The normalized spacial score (nSPS) is 17.4. The number of thiazole rings is 1. The maximum absolute atomic E-state index is 11.4. The lowest BCUT2D eigenvalue weighted by molar-refractivity contribution is -0.128. The number of nitrogens with zero attached hydrogens (tertiary/aromatic N) is 3. The molecule has 0 bridgehead atoms. The van der Waals surface area contributed by atoms with Gasteiger partial charge in [-0.1, -0.05) is 12.1 Å². The van der Waals surface area contributed by atoms with Gasteiger partial charge in [-0.05, 0) is 18.6 Å². The largest absolute Gasteiger partial charge is 0.342 e. The molecule has 1 saturated heterocycles. The number of aromatic nitrogens is 1. The molecule has 4 nitrogen and oxygen atoms in total. The quantitative estimate of drug-likeness (QED) is 0.851. The molecule has 1 aromatic carbocycles. The number of hydrogen-bond acceptors (Lipinski definition) is 4. The van der Waals surface area contributed by atoms with Crippen molar-refractivity contribution in [2.45, 2.75) is 19.9 Å². The zero-order valence-corrected chi connectivity index (χ0v) is 12.5. The van der Waals surface area contributed by atoms with Crippen molar-refractivity contribution in [3.63, 3.8) is 0 Å². The molecule has 1 fully saturated rings. The fourth-order valence-corrected chi connectivity index (χ4v) is 3.63. The molecular weight excluding hydrogens is 270 g/mol. The second-order valence-electron chi connectivity index (χ2n) is 5.21. The summed E-state index contributed by atoms with van der Waals surface area (Å²) < 4.78 is 1.25. The molecule has 0 radical (unpaired) electrons. The fourth-order valence-electron chi connectivity index (χ4n) is 2.62. The van der Waals surface area contributed by atoms with E-state index >= 15 is 0 Å². The molecule has 3 rings (SSSR count). The molecule has 106 valence electrons. The van der Waals surface area contributed by atoms with Crippen LogP contribution in [-0.2, 0) is 11.3 Å². The highest BCUT2D eigenvalue weighted by molar-refractivity contribution is 7.18. The Kier molecular flexibility index (Phi) is 3.98. The monoisotopic (exact) mass is 289 g/mol. The first-order valence-electron chi connectivity index (χ1n) is 7.05. The summed E-state index contributed by atoms with van der Waals surface area (Å²) in [6, 6.07) is 8.27. The highest BCUT2D eigenvalue weighted by atomic mass is 32.1. The van der Waals surface area contributed by atoms with Gasteiger partial charge in [0.2, 0.25) is 5.91 Å². The minimum Gasteiger partial charge on any atom is -0.342 e. The number of para-hydroxylation sites is 1. The topological polar surface area (TPSA) is 36.4 Å². The van der Waals surface area contributed by atoms with Crippen molar-refractivity contribution in [1.29, 1.82) is 0 Å². The number of carbonyl (C=O) groups is 1. The average Bonchev–Trinajstić information content (AvgIpc) is 2.68. The fraction of sp³-hybridized carbons (Fsp3) is 0.467. The predicted octanol–water partition coefficient (Wildman–Crippen LogP) is 2.35. The van der Waals surface area contributed by atoms with E-state index in [0.29, 0.717) is 0 Å². The van der Waals surface area contributed by atoms with Gasteiger partial charge in [0.05, 0.1) is 16.8 Å². The molecule has 0 saturated carbocycles. The minimum absolute atomic E-state index is 0.187. The highest BCUT2D eigenvalue weighted by Crippen LogP contribution is 2.22. The van der Waals surface area contributed by atoms with Crippen LogP contribution >= 0.6 is 11.3 Å². The molecule has 1 aliphatic heterocycles. The van der Waals surface area contributed by atoms with Crippen LogP contribution in [0.2, 0.25) is 0 Å². The van der Waals surface area contributed by atoms with E-state index in [4.69, 9.17) is 0 Å². The summed E-state index contributed by atoms with van der Waals surface area (Å²) in [6.07, 6.45) is 1.05. The molecule has 1 amide bonds. The molecule has 2 aromatic rings. The smallest absolute Gasteiger partial charge is 0.219 e. The Morgan fingerprint density at radius 1 is 1.25 bits per heavy atom. The summed E-state index contributed by atoms with van der Waals surface area (Å²) in [6.45, 7) is 6.25. The average molecular weight is 289 g/mol. The Hall–Kier alpha value is -1.46. The molecule has 1 aliphatic rings. The van der Waals surface area contributed by atoms with Gasteiger partial charge in [-0.2, -0.15) is 0 Å². The van der Waals surface area contributed by atoms with E-state index in [0.717, 1.165) is 44.7 Å². The minimum atomic E-state index is 0.187.